The van der Waals surface area contributed by atoms with Crippen molar-refractivity contribution < 1.29 is 4.57 Å². The van der Waals surface area contributed by atoms with Crippen molar-refractivity contribution in [3.05, 3.63) is 35.9 Å². The Balaban J connectivity index is 1.76. The van der Waals surface area contributed by atoms with Crippen LogP contribution in [0.15, 0.2) is 30.3 Å². The fourth-order valence-corrected chi connectivity index (χ4v) is 7.02. The lowest BCUT2D eigenvalue weighted by atomic mass is 10.0. The Morgan fingerprint density at radius 1 is 1.18 bits per heavy atom. The second-order valence-electron chi connectivity index (χ2n) is 6.06. The van der Waals surface area contributed by atoms with Crippen LogP contribution in [0, 0.1) is 11.8 Å². The van der Waals surface area contributed by atoms with Gasteiger partial charge in [-0.3, -0.25) is 0 Å². The maximum absolute atomic E-state index is 13.0. The zero-order chi connectivity index (χ0) is 11.9. The minimum Gasteiger partial charge on any atom is -0.323 e. The first kappa shape index (κ1) is 11.5. The van der Waals surface area contributed by atoms with Gasteiger partial charge in [-0.2, -0.15) is 0 Å². The van der Waals surface area contributed by atoms with Gasteiger partial charge in [0.15, 0.2) is 0 Å². The molecule has 4 atom stereocenters. The van der Waals surface area contributed by atoms with E-state index in [2.05, 4.69) is 24.3 Å². The lowest BCUT2D eigenvalue weighted by molar-refractivity contribution is 0.465. The second kappa shape index (κ2) is 4.28. The topological polar surface area (TPSA) is 17.1 Å². The molecule has 2 heteroatoms. The minimum absolute atomic E-state index is 0.529. The largest absolute Gasteiger partial charge is 0.323 e. The molecule has 3 rings (SSSR count). The molecule has 1 unspecified atom stereocenters. The van der Waals surface area contributed by atoms with Crippen molar-refractivity contribution in [2.75, 3.05) is 6.66 Å². The smallest absolute Gasteiger partial charge is 0.0922 e. The van der Waals surface area contributed by atoms with Crippen LogP contribution in [-0.4, -0.2) is 12.3 Å². The van der Waals surface area contributed by atoms with Gasteiger partial charge < -0.3 is 4.57 Å². The third-order valence-electron chi connectivity index (χ3n) is 4.74. The van der Waals surface area contributed by atoms with Gasteiger partial charge in [-0.05, 0) is 43.3 Å². The highest BCUT2D eigenvalue weighted by Crippen LogP contribution is 2.63. The normalized spacial score (nSPS) is 34.8. The van der Waals surface area contributed by atoms with Crippen molar-refractivity contribution in [2.24, 2.45) is 11.8 Å². The molecule has 0 heterocycles. The third kappa shape index (κ3) is 2.22. The molecule has 1 aromatic rings. The Bertz CT molecular complexity index is 439. The second-order valence-corrected chi connectivity index (χ2v) is 9.39. The van der Waals surface area contributed by atoms with E-state index in [1.165, 1.54) is 31.2 Å². The van der Waals surface area contributed by atoms with Crippen LogP contribution >= 0.6 is 7.14 Å². The van der Waals surface area contributed by atoms with Crippen molar-refractivity contribution in [3.8, 4) is 0 Å². The quantitative estimate of drug-likeness (QED) is 0.726. The average Bonchev–Trinajstić information content (AvgIpc) is 2.91. The van der Waals surface area contributed by atoms with Gasteiger partial charge in [-0.25, -0.2) is 0 Å². The summed E-state index contributed by atoms with van der Waals surface area (Å²) < 4.78 is 13.0. The first-order valence-corrected chi connectivity index (χ1v) is 9.16. The summed E-state index contributed by atoms with van der Waals surface area (Å²) in [5.41, 5.74) is 1.78. The first-order valence-electron chi connectivity index (χ1n) is 6.75. The van der Waals surface area contributed by atoms with Gasteiger partial charge in [0, 0.05) is 11.8 Å². The van der Waals surface area contributed by atoms with Gasteiger partial charge in [0.2, 0.25) is 0 Å². The van der Waals surface area contributed by atoms with E-state index in [-0.39, 0.29) is 0 Å². The number of fused-ring (bicyclic) bond motifs is 2. The van der Waals surface area contributed by atoms with Gasteiger partial charge in [0.1, 0.15) is 0 Å². The SMILES string of the molecule is CP(=O)(Cc1ccccc1)[C@@H]1C[C@H]2CC[C@@H]1C2. The summed E-state index contributed by atoms with van der Waals surface area (Å²) in [4.78, 5) is 0. The Hall–Kier alpha value is -0.550. The van der Waals surface area contributed by atoms with E-state index in [9.17, 15) is 4.57 Å². The molecular weight excluding hydrogens is 227 g/mol. The first-order chi connectivity index (χ1) is 8.15. The van der Waals surface area contributed by atoms with E-state index in [1.807, 2.05) is 12.7 Å². The summed E-state index contributed by atoms with van der Waals surface area (Å²) in [6, 6.07) is 10.4. The van der Waals surface area contributed by atoms with E-state index >= 15 is 0 Å². The van der Waals surface area contributed by atoms with Gasteiger partial charge in [-0.15, -0.1) is 0 Å². The van der Waals surface area contributed by atoms with Crippen LogP contribution in [0.5, 0.6) is 0 Å². The lowest BCUT2D eigenvalue weighted by Gasteiger charge is -2.28. The molecule has 2 saturated carbocycles. The molecule has 1 aromatic carbocycles. The van der Waals surface area contributed by atoms with Crippen LogP contribution in [0.2, 0.25) is 0 Å². The van der Waals surface area contributed by atoms with E-state index in [4.69, 9.17) is 0 Å². The van der Waals surface area contributed by atoms with Crippen LogP contribution < -0.4 is 0 Å². The standard InChI is InChI=1S/C15H21OP/c1-17(16,11-12-5-3-2-4-6-12)15-10-13-7-8-14(15)9-13/h2-6,13-15H,7-11H2,1H3/t13-,14+,15+,17?/m0/s1. The highest BCUT2D eigenvalue weighted by Gasteiger charge is 2.46. The fourth-order valence-electron chi connectivity index (χ4n) is 3.94. The molecule has 0 saturated heterocycles. The van der Waals surface area contributed by atoms with Gasteiger partial charge in [-0.1, -0.05) is 36.8 Å². The lowest BCUT2D eigenvalue weighted by Crippen LogP contribution is -2.17. The summed E-state index contributed by atoms with van der Waals surface area (Å²) in [7, 11) is -2.00. The molecule has 0 amide bonds. The molecule has 0 aliphatic heterocycles. The van der Waals surface area contributed by atoms with Crippen LogP contribution in [0.1, 0.15) is 31.2 Å². The molecule has 92 valence electrons. The predicted octanol–water partition coefficient (Wildman–Crippen LogP) is 4.37. The van der Waals surface area contributed by atoms with Crippen LogP contribution in [0.25, 0.3) is 0 Å². The summed E-state index contributed by atoms with van der Waals surface area (Å²) in [6.45, 7) is 2.05. The zero-order valence-corrected chi connectivity index (χ0v) is 11.4. The van der Waals surface area contributed by atoms with Gasteiger partial charge in [0.05, 0.1) is 7.14 Å². The summed E-state index contributed by atoms with van der Waals surface area (Å²) in [5, 5.41) is 0. The molecule has 2 aliphatic rings. The van der Waals surface area contributed by atoms with Crippen LogP contribution in [0.3, 0.4) is 0 Å². The highest BCUT2D eigenvalue weighted by molar-refractivity contribution is 7.63. The molecule has 1 nitrogen and oxygen atoms in total. The van der Waals surface area contributed by atoms with E-state index < -0.39 is 7.14 Å². The third-order valence-corrected chi connectivity index (χ3v) is 7.77. The molecular formula is C15H21OP. The maximum Gasteiger partial charge on any atom is 0.0922 e. The van der Waals surface area contributed by atoms with Crippen molar-refractivity contribution in [3.63, 3.8) is 0 Å². The molecule has 17 heavy (non-hydrogen) atoms. The van der Waals surface area contributed by atoms with Crippen molar-refractivity contribution in [1.82, 2.24) is 0 Å². The van der Waals surface area contributed by atoms with Crippen molar-refractivity contribution in [2.45, 2.75) is 37.5 Å². The van der Waals surface area contributed by atoms with Crippen molar-refractivity contribution in [1.29, 1.82) is 0 Å². The minimum atomic E-state index is -2.00. The molecule has 0 radical (unpaired) electrons. The molecule has 2 aliphatic carbocycles. The van der Waals surface area contributed by atoms with Gasteiger partial charge >= 0.3 is 0 Å². The molecule has 0 N–H and O–H groups in total. The average molecular weight is 248 g/mol. The summed E-state index contributed by atoms with van der Waals surface area (Å²) in [5.74, 6) is 1.67. The van der Waals surface area contributed by atoms with Crippen LogP contribution in [0.4, 0.5) is 0 Å². The molecule has 0 aromatic heterocycles. The maximum atomic E-state index is 13.0. The summed E-state index contributed by atoms with van der Waals surface area (Å²) in [6.07, 6.45) is 6.14. The zero-order valence-electron chi connectivity index (χ0n) is 10.5. The van der Waals surface area contributed by atoms with Crippen molar-refractivity contribution >= 4 is 7.14 Å². The predicted molar refractivity (Wildman–Crippen MR) is 72.9 cm³/mol. The fraction of sp³-hybridized carbons (Fsp3) is 0.600. The van der Waals surface area contributed by atoms with Crippen LogP contribution in [-0.2, 0) is 10.7 Å². The highest BCUT2D eigenvalue weighted by atomic mass is 31.2. The molecule has 2 fully saturated rings. The number of hydrogen-bond acceptors (Lipinski definition) is 1. The monoisotopic (exact) mass is 248 g/mol. The van der Waals surface area contributed by atoms with Gasteiger partial charge in [0.25, 0.3) is 0 Å². The van der Waals surface area contributed by atoms with E-state index in [0.29, 0.717) is 5.66 Å². The Morgan fingerprint density at radius 3 is 2.53 bits per heavy atom. The van der Waals surface area contributed by atoms with E-state index in [1.54, 1.807) is 0 Å². The van der Waals surface area contributed by atoms with E-state index in [0.717, 1.165) is 18.0 Å². The molecule has 0 spiro atoms. The Morgan fingerprint density at radius 2 is 1.94 bits per heavy atom. The number of benzene rings is 1. The number of hydrogen-bond donors (Lipinski definition) is 0. The molecule has 2 bridgehead atoms. The summed E-state index contributed by atoms with van der Waals surface area (Å²) >= 11 is 0. The Labute approximate surface area is 104 Å². The number of rotatable bonds is 3. The Kier molecular flexibility index (Phi) is 2.91.